The molecule has 1 fully saturated rings. The van der Waals surface area contributed by atoms with Gasteiger partial charge in [0.05, 0.1) is 10.0 Å². The van der Waals surface area contributed by atoms with Crippen molar-refractivity contribution in [3.05, 3.63) is 52.5 Å². The van der Waals surface area contributed by atoms with E-state index < -0.39 is 0 Å². The second-order valence-electron chi connectivity index (χ2n) is 7.20. The Kier molecular flexibility index (Phi) is 5.88. The Morgan fingerprint density at radius 2 is 1.78 bits per heavy atom. The molecule has 2 aliphatic rings. The number of hydrogen-bond acceptors (Lipinski definition) is 0. The molecule has 1 unspecified atom stereocenters. The van der Waals surface area contributed by atoms with Crippen LogP contribution in [0.2, 0.25) is 10.0 Å². The lowest BCUT2D eigenvalue weighted by atomic mass is 9.70. The fourth-order valence-electron chi connectivity index (χ4n) is 4.37. The fourth-order valence-corrected chi connectivity index (χ4v) is 4.67. The van der Waals surface area contributed by atoms with E-state index in [4.69, 9.17) is 23.2 Å². The van der Waals surface area contributed by atoms with Gasteiger partial charge < -0.3 is 0 Å². The third-order valence-corrected chi connectivity index (χ3v) is 6.54. The average Bonchev–Trinajstić information content (AvgIpc) is 2.59. The summed E-state index contributed by atoms with van der Waals surface area (Å²) in [6.07, 6.45) is 15.1. The van der Waals surface area contributed by atoms with Gasteiger partial charge in [-0.25, -0.2) is 0 Å². The van der Waals surface area contributed by atoms with Crippen LogP contribution in [0.3, 0.4) is 0 Å². The minimum Gasteiger partial charge on any atom is -0.103 e. The van der Waals surface area contributed by atoms with Crippen molar-refractivity contribution < 1.29 is 0 Å². The zero-order valence-corrected chi connectivity index (χ0v) is 15.3. The molecule has 2 heteroatoms. The molecule has 0 N–H and O–H groups in total. The standard InChI is InChI=1S/C21H26Cl2/c1-2-3-15-4-6-16(7-5-15)17-8-10-18(11-9-17)19-12-13-20(22)21(23)14-19/h2,10,12-17H,1,3-9,11H2. The van der Waals surface area contributed by atoms with E-state index in [1.807, 2.05) is 12.1 Å². The molecule has 0 aliphatic heterocycles. The Labute approximate surface area is 150 Å². The number of allylic oxidation sites excluding steroid dienone is 3. The van der Waals surface area contributed by atoms with Gasteiger partial charge in [0.25, 0.3) is 0 Å². The highest BCUT2D eigenvalue weighted by Gasteiger charge is 2.28. The summed E-state index contributed by atoms with van der Waals surface area (Å²) in [5.74, 6) is 2.71. The Bertz CT molecular complexity index is 580. The first-order valence-electron chi connectivity index (χ1n) is 8.92. The molecule has 1 aromatic carbocycles. The summed E-state index contributed by atoms with van der Waals surface area (Å²) in [4.78, 5) is 0. The summed E-state index contributed by atoms with van der Waals surface area (Å²) < 4.78 is 0. The Balaban J connectivity index is 1.58. The van der Waals surface area contributed by atoms with Crippen LogP contribution in [-0.2, 0) is 0 Å². The van der Waals surface area contributed by atoms with Gasteiger partial charge in [-0.3, -0.25) is 0 Å². The lowest BCUT2D eigenvalue weighted by molar-refractivity contribution is 0.196. The van der Waals surface area contributed by atoms with Crippen LogP contribution in [0.25, 0.3) is 5.57 Å². The molecule has 0 saturated heterocycles. The minimum atomic E-state index is 0.640. The van der Waals surface area contributed by atoms with Gasteiger partial charge in [-0.15, -0.1) is 6.58 Å². The predicted molar refractivity (Wildman–Crippen MR) is 102 cm³/mol. The maximum Gasteiger partial charge on any atom is 0.0598 e. The van der Waals surface area contributed by atoms with Crippen LogP contribution in [0.1, 0.15) is 56.9 Å². The summed E-state index contributed by atoms with van der Waals surface area (Å²) in [7, 11) is 0. The normalized spacial score (nSPS) is 28.3. The van der Waals surface area contributed by atoms with Gasteiger partial charge >= 0.3 is 0 Å². The second kappa shape index (κ2) is 7.90. The lowest BCUT2D eigenvalue weighted by Crippen LogP contribution is -2.23. The smallest absolute Gasteiger partial charge is 0.0598 e. The van der Waals surface area contributed by atoms with Crippen molar-refractivity contribution in [3.8, 4) is 0 Å². The molecular weight excluding hydrogens is 323 g/mol. The number of halogens is 2. The van der Waals surface area contributed by atoms with E-state index in [1.165, 1.54) is 62.5 Å². The molecule has 23 heavy (non-hydrogen) atoms. The first kappa shape index (κ1) is 17.1. The van der Waals surface area contributed by atoms with Gasteiger partial charge in [-0.2, -0.15) is 0 Å². The second-order valence-corrected chi connectivity index (χ2v) is 8.01. The topological polar surface area (TPSA) is 0 Å². The van der Waals surface area contributed by atoms with Crippen molar-refractivity contribution in [2.75, 3.05) is 0 Å². The number of hydrogen-bond donors (Lipinski definition) is 0. The highest BCUT2D eigenvalue weighted by atomic mass is 35.5. The largest absolute Gasteiger partial charge is 0.103 e. The van der Waals surface area contributed by atoms with Crippen molar-refractivity contribution in [2.24, 2.45) is 17.8 Å². The molecular formula is C21H26Cl2. The summed E-state index contributed by atoms with van der Waals surface area (Å²) in [6.45, 7) is 3.89. The third kappa shape index (κ3) is 4.22. The van der Waals surface area contributed by atoms with Crippen molar-refractivity contribution in [3.63, 3.8) is 0 Å². The van der Waals surface area contributed by atoms with Crippen molar-refractivity contribution in [2.45, 2.75) is 51.4 Å². The molecule has 1 atom stereocenters. The van der Waals surface area contributed by atoms with E-state index in [9.17, 15) is 0 Å². The molecule has 0 aromatic heterocycles. The van der Waals surface area contributed by atoms with E-state index in [0.717, 1.165) is 17.8 Å². The average molecular weight is 349 g/mol. The van der Waals surface area contributed by atoms with Gasteiger partial charge in [0, 0.05) is 0 Å². The molecule has 124 valence electrons. The molecule has 0 amide bonds. The van der Waals surface area contributed by atoms with Crippen LogP contribution in [0.4, 0.5) is 0 Å². The van der Waals surface area contributed by atoms with Crippen LogP contribution < -0.4 is 0 Å². The van der Waals surface area contributed by atoms with E-state index in [0.29, 0.717) is 10.0 Å². The fraction of sp³-hybridized carbons (Fsp3) is 0.524. The molecule has 3 rings (SSSR count). The first-order valence-corrected chi connectivity index (χ1v) is 9.68. The highest BCUT2D eigenvalue weighted by Crippen LogP contribution is 2.42. The van der Waals surface area contributed by atoms with Gasteiger partial charge in [-0.1, -0.05) is 41.4 Å². The molecule has 0 heterocycles. The predicted octanol–water partition coefficient (Wildman–Crippen LogP) is 7.56. The molecule has 1 aromatic rings. The van der Waals surface area contributed by atoms with Gasteiger partial charge in [0.15, 0.2) is 0 Å². The zero-order chi connectivity index (χ0) is 16.2. The van der Waals surface area contributed by atoms with Crippen LogP contribution in [0, 0.1) is 17.8 Å². The maximum atomic E-state index is 6.16. The number of rotatable bonds is 4. The molecule has 2 aliphatic carbocycles. The molecule has 1 saturated carbocycles. The van der Waals surface area contributed by atoms with Crippen LogP contribution in [0.15, 0.2) is 36.9 Å². The first-order chi connectivity index (χ1) is 11.2. The molecule has 0 spiro atoms. The highest BCUT2D eigenvalue weighted by molar-refractivity contribution is 6.42. The maximum absolute atomic E-state index is 6.16. The van der Waals surface area contributed by atoms with Gasteiger partial charge in [0.2, 0.25) is 0 Å². The minimum absolute atomic E-state index is 0.640. The SMILES string of the molecule is C=CCC1CCC(C2CC=C(c3ccc(Cl)c(Cl)c3)CC2)CC1. The zero-order valence-electron chi connectivity index (χ0n) is 13.7. The Morgan fingerprint density at radius 3 is 2.39 bits per heavy atom. The summed E-state index contributed by atoms with van der Waals surface area (Å²) in [6, 6.07) is 6.02. The van der Waals surface area contributed by atoms with E-state index in [2.05, 4.69) is 24.8 Å². The van der Waals surface area contributed by atoms with Crippen molar-refractivity contribution >= 4 is 28.8 Å². The van der Waals surface area contributed by atoms with Crippen LogP contribution >= 0.6 is 23.2 Å². The summed E-state index contributed by atoms with van der Waals surface area (Å²) in [5.41, 5.74) is 2.69. The van der Waals surface area contributed by atoms with Crippen LogP contribution in [0.5, 0.6) is 0 Å². The summed E-state index contributed by atoms with van der Waals surface area (Å²) in [5, 5.41) is 1.30. The van der Waals surface area contributed by atoms with Crippen molar-refractivity contribution in [1.82, 2.24) is 0 Å². The molecule has 0 radical (unpaired) electrons. The quantitative estimate of drug-likeness (QED) is 0.492. The Morgan fingerprint density at radius 1 is 1.00 bits per heavy atom. The molecule has 0 bridgehead atoms. The van der Waals surface area contributed by atoms with Gasteiger partial charge in [-0.05, 0) is 92.4 Å². The lowest BCUT2D eigenvalue weighted by Gasteiger charge is -2.35. The van der Waals surface area contributed by atoms with Gasteiger partial charge in [0.1, 0.15) is 0 Å². The number of benzene rings is 1. The van der Waals surface area contributed by atoms with E-state index >= 15 is 0 Å². The molecule has 0 nitrogen and oxygen atoms in total. The van der Waals surface area contributed by atoms with Crippen molar-refractivity contribution in [1.29, 1.82) is 0 Å². The van der Waals surface area contributed by atoms with Crippen LogP contribution in [-0.4, -0.2) is 0 Å². The van der Waals surface area contributed by atoms with E-state index in [-0.39, 0.29) is 0 Å². The monoisotopic (exact) mass is 348 g/mol. The Hall–Kier alpha value is -0.720. The third-order valence-electron chi connectivity index (χ3n) is 5.80. The van der Waals surface area contributed by atoms with E-state index in [1.54, 1.807) is 0 Å². The summed E-state index contributed by atoms with van der Waals surface area (Å²) >= 11 is 12.2.